The summed E-state index contributed by atoms with van der Waals surface area (Å²) in [6.07, 6.45) is 7.08. The molecule has 3 aromatic heterocycles. The van der Waals surface area contributed by atoms with E-state index in [0.29, 0.717) is 11.5 Å². The maximum atomic E-state index is 12.1. The number of nitrogens with one attached hydrogen (secondary N) is 2. The highest BCUT2D eigenvalue weighted by atomic mass is 16.5. The first-order valence-corrected chi connectivity index (χ1v) is 8.35. The van der Waals surface area contributed by atoms with E-state index < -0.39 is 0 Å². The Balaban J connectivity index is 1.44. The van der Waals surface area contributed by atoms with Crippen LogP contribution in [0.25, 0.3) is 11.0 Å². The highest BCUT2D eigenvalue weighted by Crippen LogP contribution is 2.36. The topological polar surface area (TPSA) is 126 Å². The number of nitrogens with zero attached hydrogens (tertiary/aromatic N) is 6. The SMILES string of the molecule is O=C(NC1CC1)c1noc(C2CCCN2c2ncnc3[nH]ncc23)n1. The van der Waals surface area contributed by atoms with Crippen molar-refractivity contribution in [1.29, 1.82) is 0 Å². The number of H-pyrrole nitrogens is 1. The minimum atomic E-state index is -0.277. The van der Waals surface area contributed by atoms with Gasteiger partial charge in [-0.05, 0) is 25.7 Å². The minimum absolute atomic E-state index is 0.0879. The molecule has 1 atom stereocenters. The molecule has 2 aliphatic rings. The lowest BCUT2D eigenvalue weighted by Crippen LogP contribution is -2.27. The Hall–Kier alpha value is -3.04. The van der Waals surface area contributed by atoms with Gasteiger partial charge in [0.1, 0.15) is 18.2 Å². The summed E-state index contributed by atoms with van der Waals surface area (Å²) in [5, 5.41) is 14.4. The van der Waals surface area contributed by atoms with Crippen molar-refractivity contribution < 1.29 is 9.32 Å². The van der Waals surface area contributed by atoms with Crippen LogP contribution in [0.2, 0.25) is 0 Å². The van der Waals surface area contributed by atoms with Crippen molar-refractivity contribution in [1.82, 2.24) is 35.6 Å². The lowest BCUT2D eigenvalue weighted by Gasteiger charge is -2.23. The van der Waals surface area contributed by atoms with E-state index in [1.165, 1.54) is 6.33 Å². The number of rotatable bonds is 4. The molecular formula is C15H16N8O2. The second-order valence-electron chi connectivity index (χ2n) is 6.38. The van der Waals surface area contributed by atoms with Crippen molar-refractivity contribution in [3.8, 4) is 0 Å². The zero-order valence-corrected chi connectivity index (χ0v) is 13.3. The Morgan fingerprint density at radius 2 is 2.24 bits per heavy atom. The van der Waals surface area contributed by atoms with Crippen molar-refractivity contribution in [3.63, 3.8) is 0 Å². The summed E-state index contributed by atoms with van der Waals surface area (Å²) in [7, 11) is 0. The second kappa shape index (κ2) is 5.50. The fourth-order valence-corrected chi connectivity index (χ4v) is 3.20. The van der Waals surface area contributed by atoms with Crippen LogP contribution in [-0.2, 0) is 0 Å². The third kappa shape index (κ3) is 2.49. The number of hydrogen-bond donors (Lipinski definition) is 2. The fraction of sp³-hybridized carbons (Fsp3) is 0.467. The third-order valence-corrected chi connectivity index (χ3v) is 4.59. The van der Waals surface area contributed by atoms with E-state index in [4.69, 9.17) is 4.52 Å². The molecule has 2 fully saturated rings. The first kappa shape index (κ1) is 14.3. The number of carbonyl (C=O) groups is 1. The molecular weight excluding hydrogens is 324 g/mol. The largest absolute Gasteiger partial charge is 0.346 e. The van der Waals surface area contributed by atoms with Crippen molar-refractivity contribution in [3.05, 3.63) is 24.2 Å². The lowest BCUT2D eigenvalue weighted by molar-refractivity contribution is 0.0937. The van der Waals surface area contributed by atoms with Crippen LogP contribution in [0.5, 0.6) is 0 Å². The van der Waals surface area contributed by atoms with E-state index in [1.807, 2.05) is 0 Å². The normalized spacial score (nSPS) is 20.3. The maximum absolute atomic E-state index is 12.1. The monoisotopic (exact) mass is 340 g/mol. The average Bonchev–Trinajstić information content (AvgIpc) is 3.09. The van der Waals surface area contributed by atoms with Crippen LogP contribution in [0.15, 0.2) is 17.0 Å². The van der Waals surface area contributed by atoms with Gasteiger partial charge in [0.2, 0.25) is 5.89 Å². The number of fused-ring (bicyclic) bond motifs is 1. The Labute approximate surface area is 142 Å². The molecule has 128 valence electrons. The third-order valence-electron chi connectivity index (χ3n) is 4.59. The van der Waals surface area contributed by atoms with Crippen molar-refractivity contribution in [2.24, 2.45) is 0 Å². The minimum Gasteiger partial charge on any atom is -0.346 e. The molecule has 1 saturated heterocycles. The molecule has 1 aliphatic carbocycles. The predicted octanol–water partition coefficient (Wildman–Crippen LogP) is 0.970. The first-order valence-electron chi connectivity index (χ1n) is 8.35. The second-order valence-corrected chi connectivity index (χ2v) is 6.38. The zero-order valence-electron chi connectivity index (χ0n) is 13.3. The van der Waals surface area contributed by atoms with Crippen LogP contribution in [0, 0.1) is 0 Å². The molecule has 3 aromatic rings. The van der Waals surface area contributed by atoms with Crippen molar-refractivity contribution >= 4 is 22.8 Å². The van der Waals surface area contributed by atoms with Gasteiger partial charge >= 0.3 is 0 Å². The molecule has 0 spiro atoms. The molecule has 2 N–H and O–H groups in total. The quantitative estimate of drug-likeness (QED) is 0.719. The van der Waals surface area contributed by atoms with Gasteiger partial charge in [0, 0.05) is 12.6 Å². The van der Waals surface area contributed by atoms with E-state index in [1.54, 1.807) is 6.20 Å². The van der Waals surface area contributed by atoms with Gasteiger partial charge in [0.05, 0.1) is 11.6 Å². The Kier molecular flexibility index (Phi) is 3.15. The Morgan fingerprint density at radius 1 is 1.32 bits per heavy atom. The van der Waals surface area contributed by atoms with Gasteiger partial charge in [-0.25, -0.2) is 9.97 Å². The molecule has 0 bridgehead atoms. The molecule has 4 heterocycles. The summed E-state index contributed by atoms with van der Waals surface area (Å²) < 4.78 is 5.39. The number of amides is 1. The van der Waals surface area contributed by atoms with E-state index >= 15 is 0 Å². The standard InChI is InChI=1S/C15H16N8O2/c24-14(19-8-3-4-8)12-20-15(25-22-12)10-2-1-5-23(10)13-9-6-18-21-11(9)16-7-17-13/h6-8,10H,1-5H2,(H,19,24)(H,16,17,18,21). The van der Waals surface area contributed by atoms with Crippen LogP contribution in [0.4, 0.5) is 5.82 Å². The number of carbonyl (C=O) groups excluding carboxylic acids is 1. The fourth-order valence-electron chi connectivity index (χ4n) is 3.20. The number of aromatic amines is 1. The molecule has 1 unspecified atom stereocenters. The lowest BCUT2D eigenvalue weighted by atomic mass is 10.2. The van der Waals surface area contributed by atoms with Crippen LogP contribution in [0.1, 0.15) is 48.2 Å². The summed E-state index contributed by atoms with van der Waals surface area (Å²) >= 11 is 0. The molecule has 25 heavy (non-hydrogen) atoms. The number of anilines is 1. The molecule has 0 radical (unpaired) electrons. The van der Waals surface area contributed by atoms with E-state index in [-0.39, 0.29) is 23.8 Å². The molecule has 0 aromatic carbocycles. The maximum Gasteiger partial charge on any atom is 0.292 e. The van der Waals surface area contributed by atoms with Gasteiger partial charge in [0.25, 0.3) is 11.7 Å². The van der Waals surface area contributed by atoms with Gasteiger partial charge in [0.15, 0.2) is 5.65 Å². The molecule has 1 aliphatic heterocycles. The van der Waals surface area contributed by atoms with E-state index in [0.717, 1.165) is 43.4 Å². The molecule has 5 rings (SSSR count). The molecule has 10 nitrogen and oxygen atoms in total. The average molecular weight is 340 g/mol. The molecule has 1 saturated carbocycles. The van der Waals surface area contributed by atoms with E-state index in [9.17, 15) is 4.79 Å². The smallest absolute Gasteiger partial charge is 0.292 e. The highest BCUT2D eigenvalue weighted by Gasteiger charge is 2.34. The van der Waals surface area contributed by atoms with Gasteiger partial charge in [-0.2, -0.15) is 10.1 Å². The summed E-state index contributed by atoms with van der Waals surface area (Å²) in [5.74, 6) is 1.03. The zero-order chi connectivity index (χ0) is 16.8. The van der Waals surface area contributed by atoms with Crippen LogP contribution in [0.3, 0.4) is 0 Å². The molecule has 1 amide bonds. The predicted molar refractivity (Wildman–Crippen MR) is 85.8 cm³/mol. The highest BCUT2D eigenvalue weighted by molar-refractivity contribution is 5.90. The van der Waals surface area contributed by atoms with Crippen LogP contribution < -0.4 is 10.2 Å². The van der Waals surface area contributed by atoms with Gasteiger partial charge in [-0.3, -0.25) is 9.89 Å². The van der Waals surface area contributed by atoms with Crippen molar-refractivity contribution in [2.75, 3.05) is 11.4 Å². The van der Waals surface area contributed by atoms with Crippen molar-refractivity contribution in [2.45, 2.75) is 37.8 Å². The van der Waals surface area contributed by atoms with Gasteiger partial charge in [-0.15, -0.1) is 0 Å². The van der Waals surface area contributed by atoms with Gasteiger partial charge in [-0.1, -0.05) is 5.16 Å². The Morgan fingerprint density at radius 3 is 3.12 bits per heavy atom. The molecule has 10 heteroatoms. The summed E-state index contributed by atoms with van der Waals surface area (Å²) in [5.41, 5.74) is 0.686. The van der Waals surface area contributed by atoms with Gasteiger partial charge < -0.3 is 14.7 Å². The number of aromatic nitrogens is 6. The summed E-state index contributed by atoms with van der Waals surface area (Å²) in [6, 6.07) is 0.149. The summed E-state index contributed by atoms with van der Waals surface area (Å²) in [4.78, 5) is 27.1. The van der Waals surface area contributed by atoms with Crippen LogP contribution in [-0.4, -0.2) is 48.8 Å². The first-order chi connectivity index (χ1) is 12.3. The summed E-state index contributed by atoms with van der Waals surface area (Å²) in [6.45, 7) is 0.813. The Bertz CT molecular complexity index is 930. The van der Waals surface area contributed by atoms with Crippen LogP contribution >= 0.6 is 0 Å². The van der Waals surface area contributed by atoms with E-state index in [2.05, 4.69) is 40.5 Å². The number of hydrogen-bond acceptors (Lipinski definition) is 8.